The number of piperidine rings is 1. The number of anilines is 1. The monoisotopic (exact) mass is 415 g/mol. The molecule has 4 rings (SSSR count). The van der Waals surface area contributed by atoms with E-state index in [0.29, 0.717) is 19.8 Å². The fourth-order valence-corrected chi connectivity index (χ4v) is 4.29. The second-order valence-corrected chi connectivity index (χ2v) is 9.27. The summed E-state index contributed by atoms with van der Waals surface area (Å²) in [6.07, 6.45) is 2.67. The summed E-state index contributed by atoms with van der Waals surface area (Å²) in [5, 5.41) is 4.96. The molecule has 2 aliphatic rings. The third-order valence-corrected chi connectivity index (χ3v) is 5.85. The number of likely N-dealkylation sites (tertiary alicyclic amines) is 1. The van der Waals surface area contributed by atoms with Gasteiger partial charge in [0, 0.05) is 37.0 Å². The van der Waals surface area contributed by atoms with E-state index in [-0.39, 0.29) is 12.1 Å². The molecule has 0 bridgehead atoms. The molecule has 164 valence electrons. The van der Waals surface area contributed by atoms with Crippen molar-refractivity contribution in [2.45, 2.75) is 65.5 Å². The maximum atomic E-state index is 12.9. The molecule has 0 aromatic carbocycles. The topological polar surface area (TPSA) is 72.2 Å². The van der Waals surface area contributed by atoms with Gasteiger partial charge in [-0.3, -0.25) is 4.90 Å². The first-order chi connectivity index (χ1) is 14.2. The average molecular weight is 416 g/mol. The van der Waals surface area contributed by atoms with Crippen LogP contribution in [0, 0.1) is 13.8 Å². The first-order valence-electron chi connectivity index (χ1n) is 10.9. The number of aromatic nitrogens is 3. The zero-order chi connectivity index (χ0) is 21.5. The Balaban J connectivity index is 1.72. The van der Waals surface area contributed by atoms with Crippen LogP contribution in [0.3, 0.4) is 0 Å². The van der Waals surface area contributed by atoms with Gasteiger partial charge in [-0.15, -0.1) is 0 Å². The largest absolute Gasteiger partial charge is 0.444 e. The van der Waals surface area contributed by atoms with Crippen molar-refractivity contribution in [1.82, 2.24) is 19.5 Å². The number of rotatable bonds is 2. The van der Waals surface area contributed by atoms with Crippen molar-refractivity contribution in [3.63, 3.8) is 0 Å². The summed E-state index contributed by atoms with van der Waals surface area (Å²) in [5.41, 5.74) is 3.32. The van der Waals surface area contributed by atoms with Gasteiger partial charge < -0.3 is 14.4 Å². The lowest BCUT2D eigenvalue weighted by molar-refractivity contribution is 0.00897. The second-order valence-electron chi connectivity index (χ2n) is 9.27. The number of aryl methyl sites for hydroxylation is 1. The minimum atomic E-state index is -0.517. The van der Waals surface area contributed by atoms with Gasteiger partial charge in [-0.1, -0.05) is 0 Å². The molecule has 2 aromatic rings. The molecular formula is C22H33N5O3. The van der Waals surface area contributed by atoms with E-state index in [9.17, 15) is 4.79 Å². The third-order valence-electron chi connectivity index (χ3n) is 5.85. The van der Waals surface area contributed by atoms with Crippen LogP contribution in [0.15, 0.2) is 6.07 Å². The molecule has 8 heteroatoms. The van der Waals surface area contributed by atoms with Gasteiger partial charge in [-0.25, -0.2) is 9.78 Å². The quantitative estimate of drug-likeness (QED) is 0.746. The van der Waals surface area contributed by atoms with E-state index in [1.54, 1.807) is 0 Å². The van der Waals surface area contributed by atoms with Crippen molar-refractivity contribution in [1.29, 1.82) is 0 Å². The SMILES string of the molecule is Cc1nc2cc(C3CCCCN3C(=O)OC(C)(C)C)nn2c(N2CCOCC2)c1C. The van der Waals surface area contributed by atoms with Gasteiger partial charge >= 0.3 is 6.09 Å². The first kappa shape index (κ1) is 20.9. The van der Waals surface area contributed by atoms with Crippen molar-refractivity contribution in [3.05, 3.63) is 23.0 Å². The van der Waals surface area contributed by atoms with Crippen molar-refractivity contribution >= 4 is 17.6 Å². The Hall–Kier alpha value is -2.35. The van der Waals surface area contributed by atoms with Crippen molar-refractivity contribution < 1.29 is 14.3 Å². The fraction of sp³-hybridized carbons (Fsp3) is 0.682. The van der Waals surface area contributed by atoms with Gasteiger partial charge in [0.2, 0.25) is 0 Å². The standard InChI is InChI=1S/C22H33N5O3/c1-15-16(2)23-19-14-17(24-27(19)20(15)25-10-12-29-13-11-25)18-8-6-7-9-26(18)21(28)30-22(3,4)5/h14,18H,6-13H2,1-5H3. The Kier molecular flexibility index (Phi) is 5.61. The normalized spacial score (nSPS) is 20.6. The van der Waals surface area contributed by atoms with Crippen molar-refractivity contribution in [3.8, 4) is 0 Å². The molecular weight excluding hydrogens is 382 g/mol. The van der Waals surface area contributed by atoms with Crippen LogP contribution in [0.5, 0.6) is 0 Å². The molecule has 1 atom stereocenters. The lowest BCUT2D eigenvalue weighted by Gasteiger charge is -2.35. The molecule has 0 aliphatic carbocycles. The highest BCUT2D eigenvalue weighted by Crippen LogP contribution is 2.33. The molecule has 0 N–H and O–H groups in total. The second kappa shape index (κ2) is 8.06. The van der Waals surface area contributed by atoms with Crippen molar-refractivity contribution in [2.24, 2.45) is 0 Å². The van der Waals surface area contributed by atoms with E-state index in [1.165, 1.54) is 0 Å². The molecule has 1 amide bonds. The van der Waals surface area contributed by atoms with Gasteiger partial charge in [0.1, 0.15) is 11.4 Å². The van der Waals surface area contributed by atoms with Gasteiger partial charge in [-0.2, -0.15) is 9.61 Å². The van der Waals surface area contributed by atoms with E-state index >= 15 is 0 Å². The number of amides is 1. The predicted molar refractivity (Wildman–Crippen MR) is 115 cm³/mol. The molecule has 30 heavy (non-hydrogen) atoms. The van der Waals surface area contributed by atoms with Crippen LogP contribution < -0.4 is 4.90 Å². The highest BCUT2D eigenvalue weighted by atomic mass is 16.6. The summed E-state index contributed by atoms with van der Waals surface area (Å²) >= 11 is 0. The van der Waals surface area contributed by atoms with Gasteiger partial charge in [-0.05, 0) is 53.9 Å². The third kappa shape index (κ3) is 4.10. The smallest absolute Gasteiger partial charge is 0.410 e. The van der Waals surface area contributed by atoms with E-state index in [0.717, 1.165) is 60.8 Å². The number of fused-ring (bicyclic) bond motifs is 1. The van der Waals surface area contributed by atoms with E-state index < -0.39 is 5.60 Å². The Morgan fingerprint density at radius 2 is 1.90 bits per heavy atom. The average Bonchev–Trinajstić information content (AvgIpc) is 3.11. The highest BCUT2D eigenvalue weighted by Gasteiger charge is 2.33. The molecule has 0 spiro atoms. The number of hydrogen-bond acceptors (Lipinski definition) is 6. The zero-order valence-electron chi connectivity index (χ0n) is 18.8. The van der Waals surface area contributed by atoms with E-state index in [1.807, 2.05) is 43.2 Å². The Labute approximate surface area is 178 Å². The Morgan fingerprint density at radius 1 is 1.17 bits per heavy atom. The molecule has 2 aromatic heterocycles. The number of carbonyl (C=O) groups is 1. The summed E-state index contributed by atoms with van der Waals surface area (Å²) < 4.78 is 13.2. The maximum Gasteiger partial charge on any atom is 0.410 e. The Morgan fingerprint density at radius 3 is 2.60 bits per heavy atom. The van der Waals surface area contributed by atoms with Crippen LogP contribution in [-0.4, -0.2) is 64.0 Å². The molecule has 8 nitrogen and oxygen atoms in total. The van der Waals surface area contributed by atoms with Crippen LogP contribution in [0.4, 0.5) is 10.6 Å². The molecule has 2 saturated heterocycles. The molecule has 0 saturated carbocycles. The predicted octanol–water partition coefficient (Wildman–Crippen LogP) is 3.64. The number of nitrogens with zero attached hydrogens (tertiary/aromatic N) is 5. The number of ether oxygens (including phenoxy) is 2. The maximum absolute atomic E-state index is 12.9. The highest BCUT2D eigenvalue weighted by molar-refractivity contribution is 5.69. The summed E-state index contributed by atoms with van der Waals surface area (Å²) in [6, 6.07) is 1.94. The van der Waals surface area contributed by atoms with Crippen LogP contribution >= 0.6 is 0 Å². The molecule has 0 radical (unpaired) electrons. The number of hydrogen-bond donors (Lipinski definition) is 0. The van der Waals surface area contributed by atoms with Gasteiger partial charge in [0.15, 0.2) is 5.65 Å². The molecule has 2 fully saturated rings. The van der Waals surface area contributed by atoms with Crippen molar-refractivity contribution in [2.75, 3.05) is 37.7 Å². The van der Waals surface area contributed by atoms with Crippen LogP contribution in [0.1, 0.15) is 63.0 Å². The number of carbonyl (C=O) groups excluding carboxylic acids is 1. The minimum Gasteiger partial charge on any atom is -0.444 e. The van der Waals surface area contributed by atoms with Crippen LogP contribution in [0.2, 0.25) is 0 Å². The number of morpholine rings is 1. The van der Waals surface area contributed by atoms with Gasteiger partial charge in [0.05, 0.1) is 24.9 Å². The zero-order valence-corrected chi connectivity index (χ0v) is 18.8. The first-order valence-corrected chi connectivity index (χ1v) is 10.9. The lowest BCUT2D eigenvalue weighted by atomic mass is 10.00. The Bertz CT molecular complexity index is 927. The van der Waals surface area contributed by atoms with Gasteiger partial charge in [0.25, 0.3) is 0 Å². The van der Waals surface area contributed by atoms with E-state index in [4.69, 9.17) is 19.6 Å². The van der Waals surface area contributed by atoms with E-state index in [2.05, 4.69) is 11.8 Å². The summed E-state index contributed by atoms with van der Waals surface area (Å²) in [6.45, 7) is 13.6. The molecule has 1 unspecified atom stereocenters. The fourth-order valence-electron chi connectivity index (χ4n) is 4.29. The molecule has 2 aliphatic heterocycles. The molecule has 4 heterocycles. The minimum absolute atomic E-state index is 0.0894. The van der Waals surface area contributed by atoms with Crippen LogP contribution in [-0.2, 0) is 9.47 Å². The van der Waals surface area contributed by atoms with Crippen LogP contribution in [0.25, 0.3) is 5.65 Å². The summed E-state index contributed by atoms with van der Waals surface area (Å²) in [7, 11) is 0. The summed E-state index contributed by atoms with van der Waals surface area (Å²) in [4.78, 5) is 21.8. The lowest BCUT2D eigenvalue weighted by Crippen LogP contribution is -2.42. The summed E-state index contributed by atoms with van der Waals surface area (Å²) in [5.74, 6) is 1.08.